The summed E-state index contributed by atoms with van der Waals surface area (Å²) in [5.74, 6) is 3.84. The van der Waals surface area contributed by atoms with Crippen molar-refractivity contribution in [3.63, 3.8) is 0 Å². The first-order valence-electron chi connectivity index (χ1n) is 5.12. The fourth-order valence-electron chi connectivity index (χ4n) is 1.45. The molecule has 1 unspecified atom stereocenters. The first-order chi connectivity index (χ1) is 6.36. The van der Waals surface area contributed by atoms with Crippen LogP contribution in [0.2, 0.25) is 0 Å². The van der Waals surface area contributed by atoms with Gasteiger partial charge >= 0.3 is 0 Å². The molecular weight excluding hydrogens is 160 g/mol. The average Bonchev–Trinajstić information content (AvgIpc) is 2.42. The molecule has 0 saturated heterocycles. The summed E-state index contributed by atoms with van der Waals surface area (Å²) in [4.78, 5) is 4.47. The Hall–Kier alpha value is -0.970. The van der Waals surface area contributed by atoms with Crippen molar-refractivity contribution in [2.45, 2.75) is 45.1 Å². The summed E-state index contributed by atoms with van der Waals surface area (Å²) in [6, 6.07) is 0.164. The Labute approximate surface area is 80.8 Å². The number of nitrogens with one attached hydrogen (secondary N) is 1. The highest BCUT2D eigenvalue weighted by Gasteiger charge is 2.07. The molecule has 0 saturated carbocycles. The van der Waals surface area contributed by atoms with E-state index < -0.39 is 0 Å². The van der Waals surface area contributed by atoms with Gasteiger partial charge in [-0.25, -0.2) is 0 Å². The molecule has 2 nitrogen and oxygen atoms in total. The largest absolute Gasteiger partial charge is 0.360 e. The van der Waals surface area contributed by atoms with Crippen molar-refractivity contribution < 1.29 is 0 Å². The molecule has 13 heavy (non-hydrogen) atoms. The van der Waals surface area contributed by atoms with E-state index in [1.807, 2.05) is 0 Å². The normalized spacial score (nSPS) is 19.5. The summed E-state index contributed by atoms with van der Waals surface area (Å²) in [5.41, 5.74) is 0. The molecular formula is C11H18N2. The molecule has 0 amide bonds. The Kier molecular flexibility index (Phi) is 4.39. The van der Waals surface area contributed by atoms with Gasteiger partial charge in [0, 0.05) is 13.0 Å². The van der Waals surface area contributed by atoms with Crippen LogP contribution < -0.4 is 5.32 Å². The summed E-state index contributed by atoms with van der Waals surface area (Å²) in [6.45, 7) is 3.05. The minimum atomic E-state index is 0.164. The molecule has 1 N–H and O–H groups in total. The Bertz CT molecular complexity index is 213. The predicted octanol–water partition coefficient (Wildman–Crippen LogP) is 1.96. The molecule has 0 aromatic carbocycles. The van der Waals surface area contributed by atoms with E-state index >= 15 is 0 Å². The maximum absolute atomic E-state index is 5.37. The molecule has 0 aromatic heterocycles. The van der Waals surface area contributed by atoms with Gasteiger partial charge in [0.15, 0.2) is 0 Å². The first kappa shape index (κ1) is 10.1. The first-order valence-corrected chi connectivity index (χ1v) is 5.12. The fourth-order valence-corrected chi connectivity index (χ4v) is 1.45. The number of hydrogen-bond donors (Lipinski definition) is 1. The average molecular weight is 178 g/mol. The summed E-state index contributed by atoms with van der Waals surface area (Å²) in [7, 11) is 0. The van der Waals surface area contributed by atoms with E-state index in [1.165, 1.54) is 19.3 Å². The molecule has 1 aliphatic heterocycles. The van der Waals surface area contributed by atoms with E-state index in [0.29, 0.717) is 0 Å². The zero-order valence-corrected chi connectivity index (χ0v) is 8.34. The smallest absolute Gasteiger partial charge is 0.0972 e. The second-order valence-corrected chi connectivity index (χ2v) is 3.41. The molecule has 0 radical (unpaired) electrons. The SMILES string of the molecule is C#CC(CC)NC1=NCCCCC1. The van der Waals surface area contributed by atoms with Gasteiger partial charge < -0.3 is 5.32 Å². The Morgan fingerprint density at radius 3 is 3.08 bits per heavy atom. The van der Waals surface area contributed by atoms with E-state index in [2.05, 4.69) is 23.2 Å². The maximum Gasteiger partial charge on any atom is 0.0972 e. The molecule has 0 fully saturated rings. The van der Waals surface area contributed by atoms with Crippen molar-refractivity contribution in [1.29, 1.82) is 0 Å². The number of terminal acetylenes is 1. The molecule has 1 rings (SSSR count). The van der Waals surface area contributed by atoms with Gasteiger partial charge in [0.25, 0.3) is 0 Å². The van der Waals surface area contributed by atoms with E-state index in [0.717, 1.165) is 25.2 Å². The second kappa shape index (κ2) is 5.64. The molecule has 2 heteroatoms. The minimum Gasteiger partial charge on any atom is -0.360 e. The van der Waals surface area contributed by atoms with Crippen LogP contribution in [-0.2, 0) is 0 Å². The second-order valence-electron chi connectivity index (χ2n) is 3.41. The third-order valence-electron chi connectivity index (χ3n) is 2.32. The van der Waals surface area contributed by atoms with Crippen LogP contribution in [0, 0.1) is 12.3 Å². The van der Waals surface area contributed by atoms with Crippen molar-refractivity contribution in [3.05, 3.63) is 0 Å². The third kappa shape index (κ3) is 3.50. The van der Waals surface area contributed by atoms with Gasteiger partial charge in [-0.05, 0) is 19.3 Å². The van der Waals surface area contributed by atoms with Crippen LogP contribution in [0.3, 0.4) is 0 Å². The molecule has 0 spiro atoms. The number of nitrogens with zero attached hydrogens (tertiary/aromatic N) is 1. The molecule has 0 aromatic rings. The van der Waals surface area contributed by atoms with E-state index in [9.17, 15) is 0 Å². The quantitative estimate of drug-likeness (QED) is 0.642. The number of hydrogen-bond acceptors (Lipinski definition) is 2. The number of amidine groups is 1. The van der Waals surface area contributed by atoms with Crippen LogP contribution in [-0.4, -0.2) is 18.4 Å². The molecule has 72 valence electrons. The van der Waals surface area contributed by atoms with Crippen LogP contribution in [0.1, 0.15) is 39.0 Å². The summed E-state index contributed by atoms with van der Waals surface area (Å²) < 4.78 is 0. The van der Waals surface area contributed by atoms with Crippen molar-refractivity contribution >= 4 is 5.84 Å². The zero-order valence-electron chi connectivity index (χ0n) is 8.34. The maximum atomic E-state index is 5.37. The predicted molar refractivity (Wildman–Crippen MR) is 56.8 cm³/mol. The lowest BCUT2D eigenvalue weighted by Gasteiger charge is -2.13. The Balaban J connectivity index is 2.42. The van der Waals surface area contributed by atoms with E-state index in [-0.39, 0.29) is 6.04 Å². The van der Waals surface area contributed by atoms with Crippen molar-refractivity contribution in [2.75, 3.05) is 6.54 Å². The number of aliphatic imine (C=N–C) groups is 1. The molecule has 1 heterocycles. The van der Waals surface area contributed by atoms with Gasteiger partial charge in [-0.2, -0.15) is 0 Å². The van der Waals surface area contributed by atoms with E-state index in [4.69, 9.17) is 6.42 Å². The monoisotopic (exact) mass is 178 g/mol. The van der Waals surface area contributed by atoms with Gasteiger partial charge in [0.1, 0.15) is 0 Å². The van der Waals surface area contributed by atoms with Crippen molar-refractivity contribution in [3.8, 4) is 12.3 Å². The summed E-state index contributed by atoms with van der Waals surface area (Å²) in [6.07, 6.45) is 11.2. The van der Waals surface area contributed by atoms with Crippen LogP contribution in [0.15, 0.2) is 4.99 Å². The number of rotatable bonds is 2. The van der Waals surface area contributed by atoms with Crippen LogP contribution >= 0.6 is 0 Å². The lowest BCUT2D eigenvalue weighted by molar-refractivity contribution is 0.700. The highest BCUT2D eigenvalue weighted by molar-refractivity contribution is 5.82. The van der Waals surface area contributed by atoms with Crippen LogP contribution in [0.5, 0.6) is 0 Å². The molecule has 1 aliphatic rings. The molecule has 1 atom stereocenters. The van der Waals surface area contributed by atoms with Crippen LogP contribution in [0.25, 0.3) is 0 Å². The standard InChI is InChI=1S/C11H18N2/c1-3-10(4-2)13-11-8-6-5-7-9-12-11/h1,10H,4-9H2,2H3,(H,12,13). The van der Waals surface area contributed by atoms with Crippen molar-refractivity contribution in [2.24, 2.45) is 4.99 Å². The fraction of sp³-hybridized carbons (Fsp3) is 0.727. The van der Waals surface area contributed by atoms with Crippen LogP contribution in [0.4, 0.5) is 0 Å². The van der Waals surface area contributed by atoms with Crippen molar-refractivity contribution in [1.82, 2.24) is 5.32 Å². The molecule has 0 bridgehead atoms. The lowest BCUT2D eigenvalue weighted by atomic mass is 10.2. The Morgan fingerprint density at radius 2 is 2.38 bits per heavy atom. The van der Waals surface area contributed by atoms with Gasteiger partial charge in [0.05, 0.1) is 11.9 Å². The van der Waals surface area contributed by atoms with Gasteiger partial charge in [-0.1, -0.05) is 19.3 Å². The van der Waals surface area contributed by atoms with Gasteiger partial charge in [-0.15, -0.1) is 6.42 Å². The zero-order chi connectivity index (χ0) is 9.52. The van der Waals surface area contributed by atoms with Gasteiger partial charge in [0.2, 0.25) is 0 Å². The summed E-state index contributed by atoms with van der Waals surface area (Å²) >= 11 is 0. The summed E-state index contributed by atoms with van der Waals surface area (Å²) in [5, 5.41) is 3.31. The lowest BCUT2D eigenvalue weighted by Crippen LogP contribution is -2.33. The highest BCUT2D eigenvalue weighted by Crippen LogP contribution is 2.06. The third-order valence-corrected chi connectivity index (χ3v) is 2.32. The minimum absolute atomic E-state index is 0.164. The highest BCUT2D eigenvalue weighted by atomic mass is 15.0. The van der Waals surface area contributed by atoms with E-state index in [1.54, 1.807) is 0 Å². The van der Waals surface area contributed by atoms with Gasteiger partial charge in [-0.3, -0.25) is 4.99 Å². The Morgan fingerprint density at radius 1 is 1.54 bits per heavy atom. The molecule has 0 aliphatic carbocycles. The topological polar surface area (TPSA) is 24.4 Å².